The van der Waals surface area contributed by atoms with Crippen LogP contribution in [0.2, 0.25) is 0 Å². The molecule has 0 radical (unpaired) electrons. The minimum atomic E-state index is -0.192. The minimum absolute atomic E-state index is 0.0446. The van der Waals surface area contributed by atoms with Gasteiger partial charge in [0.05, 0.1) is 0 Å². The summed E-state index contributed by atoms with van der Waals surface area (Å²) in [7, 11) is 1.96. The second-order valence-electron chi connectivity index (χ2n) is 5.17. The maximum absolute atomic E-state index is 13.0. The molecule has 0 aliphatic heterocycles. The van der Waals surface area contributed by atoms with Crippen molar-refractivity contribution in [3.8, 4) is 12.3 Å². The van der Waals surface area contributed by atoms with Gasteiger partial charge in [0.15, 0.2) is 0 Å². The fourth-order valence-corrected chi connectivity index (χ4v) is 2.35. The molecule has 0 aliphatic carbocycles. The smallest absolute Gasteiger partial charge is 0.123 e. The van der Waals surface area contributed by atoms with Gasteiger partial charge in [-0.05, 0) is 37.6 Å². The van der Waals surface area contributed by atoms with E-state index < -0.39 is 0 Å². The van der Waals surface area contributed by atoms with Gasteiger partial charge in [-0.2, -0.15) is 0 Å². The van der Waals surface area contributed by atoms with E-state index in [9.17, 15) is 4.39 Å². The molecule has 1 N–H and O–H groups in total. The molecule has 98 valence electrons. The molecular weight excluding hydrogens is 225 g/mol. The van der Waals surface area contributed by atoms with Gasteiger partial charge in [-0.25, -0.2) is 4.39 Å². The highest BCUT2D eigenvalue weighted by Gasteiger charge is 2.29. The van der Waals surface area contributed by atoms with Crippen molar-refractivity contribution in [1.29, 1.82) is 0 Å². The molecule has 0 saturated heterocycles. The van der Waals surface area contributed by atoms with Crippen molar-refractivity contribution in [3.63, 3.8) is 0 Å². The van der Waals surface area contributed by atoms with Crippen molar-refractivity contribution in [2.24, 2.45) is 0 Å². The monoisotopic (exact) mass is 247 g/mol. The highest BCUT2D eigenvalue weighted by atomic mass is 19.1. The Kier molecular flexibility index (Phi) is 5.37. The van der Waals surface area contributed by atoms with Crippen molar-refractivity contribution < 1.29 is 4.39 Å². The number of likely N-dealkylation sites (N-methyl/N-ethyl adjacent to an activating group) is 1. The number of hydrogen-bond donors (Lipinski definition) is 1. The van der Waals surface area contributed by atoms with Crippen molar-refractivity contribution >= 4 is 0 Å². The van der Waals surface area contributed by atoms with Crippen molar-refractivity contribution in [2.45, 2.75) is 44.6 Å². The summed E-state index contributed by atoms with van der Waals surface area (Å²) in [6.45, 7) is 4.36. The third-order valence-corrected chi connectivity index (χ3v) is 3.62. The number of halogens is 1. The Labute approximate surface area is 110 Å². The van der Waals surface area contributed by atoms with E-state index in [1.165, 1.54) is 12.1 Å². The Hall–Kier alpha value is -1.33. The van der Waals surface area contributed by atoms with Gasteiger partial charge in [0.1, 0.15) is 5.82 Å². The van der Waals surface area contributed by atoms with Gasteiger partial charge in [-0.15, -0.1) is 12.3 Å². The molecule has 18 heavy (non-hydrogen) atoms. The number of nitrogens with one attached hydrogen (secondary N) is 1. The highest BCUT2D eigenvalue weighted by molar-refractivity contribution is 5.26. The van der Waals surface area contributed by atoms with Gasteiger partial charge in [0.25, 0.3) is 0 Å². The van der Waals surface area contributed by atoms with Crippen molar-refractivity contribution in [1.82, 2.24) is 5.32 Å². The molecule has 1 aromatic rings. The highest BCUT2D eigenvalue weighted by Crippen LogP contribution is 2.29. The Morgan fingerprint density at radius 3 is 2.44 bits per heavy atom. The van der Waals surface area contributed by atoms with Crippen LogP contribution in [-0.4, -0.2) is 13.1 Å². The summed E-state index contributed by atoms with van der Waals surface area (Å²) in [5.41, 5.74) is 1.10. The molecule has 0 aromatic heterocycles. The molecule has 1 rings (SSSR count). The molecule has 0 aliphatic rings. The van der Waals surface area contributed by atoms with E-state index in [2.05, 4.69) is 25.1 Å². The average molecular weight is 247 g/mol. The fraction of sp³-hybridized carbons (Fsp3) is 0.500. The first-order valence-electron chi connectivity index (χ1n) is 6.39. The van der Waals surface area contributed by atoms with Crippen LogP contribution in [0, 0.1) is 18.2 Å². The largest absolute Gasteiger partial charge is 0.316 e. The summed E-state index contributed by atoms with van der Waals surface area (Å²) in [5.74, 6) is 2.48. The molecule has 0 spiro atoms. The molecule has 0 heterocycles. The topological polar surface area (TPSA) is 12.0 Å². The lowest BCUT2D eigenvalue weighted by molar-refractivity contribution is 0.335. The Morgan fingerprint density at radius 1 is 1.33 bits per heavy atom. The molecular formula is C16H22FN. The molecule has 0 bridgehead atoms. The number of terminal acetylenes is 1. The van der Waals surface area contributed by atoms with Gasteiger partial charge in [0.2, 0.25) is 0 Å². The number of benzene rings is 1. The number of rotatable bonds is 6. The average Bonchev–Trinajstić information content (AvgIpc) is 2.35. The summed E-state index contributed by atoms with van der Waals surface area (Å²) < 4.78 is 13.0. The predicted molar refractivity (Wildman–Crippen MR) is 75.0 cm³/mol. The fourth-order valence-electron chi connectivity index (χ4n) is 2.35. The molecule has 0 fully saturated rings. The van der Waals surface area contributed by atoms with E-state index in [0.717, 1.165) is 24.8 Å². The molecule has 0 amide bonds. The Bertz CT molecular complexity index is 400. The van der Waals surface area contributed by atoms with Crippen molar-refractivity contribution in [3.05, 3.63) is 35.6 Å². The maximum atomic E-state index is 13.0. The number of unbranched alkanes of at least 4 members (excludes halogenated alkanes) is 1. The van der Waals surface area contributed by atoms with Crippen LogP contribution < -0.4 is 5.32 Å². The molecule has 1 nitrogen and oxygen atoms in total. The van der Waals surface area contributed by atoms with E-state index >= 15 is 0 Å². The summed E-state index contributed by atoms with van der Waals surface area (Å²) in [6, 6.07) is 7.09. The quantitative estimate of drug-likeness (QED) is 0.599. The van der Waals surface area contributed by atoms with Crippen LogP contribution in [0.1, 0.15) is 38.7 Å². The molecule has 1 unspecified atom stereocenters. The van der Waals surface area contributed by atoms with Crippen LogP contribution in [0.3, 0.4) is 0 Å². The maximum Gasteiger partial charge on any atom is 0.123 e. The van der Waals surface area contributed by atoms with E-state index in [4.69, 9.17) is 6.42 Å². The first-order chi connectivity index (χ1) is 8.52. The first kappa shape index (κ1) is 14.7. The van der Waals surface area contributed by atoms with E-state index in [-0.39, 0.29) is 11.2 Å². The van der Waals surface area contributed by atoms with Crippen LogP contribution in [0.5, 0.6) is 0 Å². The van der Waals surface area contributed by atoms with Gasteiger partial charge in [0, 0.05) is 17.9 Å². The van der Waals surface area contributed by atoms with Crippen LogP contribution in [0.25, 0.3) is 0 Å². The summed E-state index contributed by atoms with van der Waals surface area (Å²) >= 11 is 0. The molecule has 2 heteroatoms. The minimum Gasteiger partial charge on any atom is -0.316 e. The zero-order valence-electron chi connectivity index (χ0n) is 11.5. The third kappa shape index (κ3) is 3.58. The van der Waals surface area contributed by atoms with Gasteiger partial charge in [-0.3, -0.25) is 0 Å². The Balaban J connectivity index is 2.81. The van der Waals surface area contributed by atoms with Gasteiger partial charge in [-0.1, -0.05) is 26.0 Å². The summed E-state index contributed by atoms with van der Waals surface area (Å²) in [6.07, 6.45) is 8.11. The molecule has 0 saturated carbocycles. The van der Waals surface area contributed by atoms with Crippen LogP contribution in [0.15, 0.2) is 24.3 Å². The second-order valence-corrected chi connectivity index (χ2v) is 5.17. The SMILES string of the molecule is C#CCCCC(NC)C(C)(C)c1ccc(F)cc1. The number of hydrogen-bond acceptors (Lipinski definition) is 1. The van der Waals surface area contributed by atoms with Gasteiger partial charge < -0.3 is 5.32 Å². The summed E-state index contributed by atoms with van der Waals surface area (Å²) in [4.78, 5) is 0. The Morgan fingerprint density at radius 2 is 1.94 bits per heavy atom. The van der Waals surface area contributed by atoms with E-state index in [1.807, 2.05) is 19.2 Å². The van der Waals surface area contributed by atoms with Crippen molar-refractivity contribution in [2.75, 3.05) is 7.05 Å². The van der Waals surface area contributed by atoms with Crippen LogP contribution in [-0.2, 0) is 5.41 Å². The normalized spacial score (nSPS) is 13.1. The third-order valence-electron chi connectivity index (χ3n) is 3.62. The van der Waals surface area contributed by atoms with Crippen LogP contribution >= 0.6 is 0 Å². The van der Waals surface area contributed by atoms with Gasteiger partial charge >= 0.3 is 0 Å². The molecule has 1 aromatic carbocycles. The first-order valence-corrected chi connectivity index (χ1v) is 6.39. The van der Waals surface area contributed by atoms with E-state index in [0.29, 0.717) is 6.04 Å². The standard InChI is InChI=1S/C16H22FN/c1-5-6-7-8-15(18-4)16(2,3)13-9-11-14(17)12-10-13/h1,9-12,15,18H,6-8H2,2-4H3. The van der Waals surface area contributed by atoms with E-state index in [1.54, 1.807) is 0 Å². The lowest BCUT2D eigenvalue weighted by atomic mass is 9.76. The lowest BCUT2D eigenvalue weighted by Crippen LogP contribution is -2.43. The molecule has 1 atom stereocenters. The summed E-state index contributed by atoms with van der Waals surface area (Å²) in [5, 5.41) is 3.35. The second kappa shape index (κ2) is 6.56. The lowest BCUT2D eigenvalue weighted by Gasteiger charge is -2.35. The zero-order valence-corrected chi connectivity index (χ0v) is 11.5. The predicted octanol–water partition coefficient (Wildman–Crippen LogP) is 3.49. The van der Waals surface area contributed by atoms with Crippen LogP contribution in [0.4, 0.5) is 4.39 Å². The zero-order chi connectivity index (χ0) is 13.6.